The number of rotatable bonds is 8. The third-order valence-electron chi connectivity index (χ3n) is 4.52. The maximum Gasteiger partial charge on any atom is 0.390 e. The first-order chi connectivity index (χ1) is 15.8. The highest BCUT2D eigenvalue weighted by atomic mass is 16.6. The predicted molar refractivity (Wildman–Crippen MR) is 119 cm³/mol. The van der Waals surface area contributed by atoms with E-state index in [1.54, 1.807) is 49.4 Å². The molecule has 0 aliphatic rings. The number of esters is 1. The van der Waals surface area contributed by atoms with Crippen LogP contribution in [0.4, 0.5) is 5.82 Å². The van der Waals surface area contributed by atoms with E-state index in [2.05, 4.69) is 15.6 Å². The second-order valence-electron chi connectivity index (χ2n) is 6.96. The van der Waals surface area contributed by atoms with Crippen molar-refractivity contribution in [3.8, 4) is 11.5 Å². The monoisotopic (exact) mass is 451 g/mol. The number of aromatic nitrogens is 2. The standard InChI is InChI=1S/C22H21N5O6/c1-14-10-21(27(30)31)25-26(14)13-16-4-7-18(8-5-16)22(29)24-23-12-17-6-9-19(33-15(2)28)20(11-17)32-3/h4-12H,13H2,1-3H3,(H,24,29). The van der Waals surface area contributed by atoms with Gasteiger partial charge in [-0.15, -0.1) is 0 Å². The van der Waals surface area contributed by atoms with E-state index in [1.807, 2.05) is 0 Å². The van der Waals surface area contributed by atoms with Crippen molar-refractivity contribution in [2.24, 2.45) is 5.10 Å². The molecule has 3 aromatic rings. The molecule has 0 saturated heterocycles. The molecule has 0 saturated carbocycles. The lowest BCUT2D eigenvalue weighted by Gasteiger charge is -2.08. The summed E-state index contributed by atoms with van der Waals surface area (Å²) in [7, 11) is 1.45. The number of benzene rings is 2. The van der Waals surface area contributed by atoms with Gasteiger partial charge < -0.3 is 19.6 Å². The molecule has 1 amide bonds. The van der Waals surface area contributed by atoms with Gasteiger partial charge in [0.25, 0.3) is 5.91 Å². The maximum absolute atomic E-state index is 12.3. The van der Waals surface area contributed by atoms with Crippen molar-refractivity contribution >= 4 is 23.9 Å². The van der Waals surface area contributed by atoms with E-state index in [0.717, 1.165) is 5.56 Å². The Morgan fingerprint density at radius 3 is 2.52 bits per heavy atom. The minimum Gasteiger partial charge on any atom is -0.493 e. The largest absolute Gasteiger partial charge is 0.493 e. The molecule has 3 rings (SSSR count). The first-order valence-corrected chi connectivity index (χ1v) is 9.74. The van der Waals surface area contributed by atoms with E-state index in [0.29, 0.717) is 29.1 Å². The molecule has 1 aromatic heterocycles. The van der Waals surface area contributed by atoms with Crippen LogP contribution in [0.15, 0.2) is 53.6 Å². The van der Waals surface area contributed by atoms with Gasteiger partial charge in [-0.1, -0.05) is 12.1 Å². The molecule has 0 bridgehead atoms. The lowest BCUT2D eigenvalue weighted by Crippen LogP contribution is -2.17. The van der Waals surface area contributed by atoms with Crippen LogP contribution >= 0.6 is 0 Å². The summed E-state index contributed by atoms with van der Waals surface area (Å²) < 4.78 is 11.8. The Balaban J connectivity index is 1.61. The van der Waals surface area contributed by atoms with Crippen LogP contribution in [0.25, 0.3) is 0 Å². The third kappa shape index (κ3) is 6.00. The Labute approximate surface area is 188 Å². The second kappa shape index (κ2) is 10.2. The van der Waals surface area contributed by atoms with Crippen LogP contribution < -0.4 is 14.9 Å². The Morgan fingerprint density at radius 2 is 1.91 bits per heavy atom. The highest BCUT2D eigenvalue weighted by Gasteiger charge is 2.15. The number of ether oxygens (including phenoxy) is 2. The number of hydrazone groups is 1. The fourth-order valence-corrected chi connectivity index (χ4v) is 2.91. The Hall–Kier alpha value is -4.54. The normalized spacial score (nSPS) is 10.8. The van der Waals surface area contributed by atoms with Crippen LogP contribution in [0.5, 0.6) is 11.5 Å². The molecular weight excluding hydrogens is 430 g/mol. The van der Waals surface area contributed by atoms with Crippen LogP contribution in [0.2, 0.25) is 0 Å². The van der Waals surface area contributed by atoms with Crippen molar-refractivity contribution in [1.29, 1.82) is 0 Å². The molecule has 170 valence electrons. The summed E-state index contributed by atoms with van der Waals surface area (Å²) in [5, 5.41) is 18.7. The van der Waals surface area contributed by atoms with Gasteiger partial charge in [0.15, 0.2) is 11.5 Å². The first-order valence-electron chi connectivity index (χ1n) is 9.74. The number of nitrogens with zero attached hydrogens (tertiary/aromatic N) is 4. The van der Waals surface area contributed by atoms with Gasteiger partial charge >= 0.3 is 11.8 Å². The van der Waals surface area contributed by atoms with Gasteiger partial charge in [-0.25, -0.2) is 5.43 Å². The van der Waals surface area contributed by atoms with Crippen molar-refractivity contribution in [1.82, 2.24) is 15.2 Å². The minimum absolute atomic E-state index is 0.208. The van der Waals surface area contributed by atoms with E-state index < -0.39 is 16.8 Å². The van der Waals surface area contributed by atoms with Gasteiger partial charge in [0.2, 0.25) is 0 Å². The molecule has 0 radical (unpaired) electrons. The Bertz CT molecular complexity index is 1220. The van der Waals surface area contributed by atoms with E-state index in [1.165, 1.54) is 31.0 Å². The zero-order chi connectivity index (χ0) is 24.0. The molecule has 0 aliphatic heterocycles. The topological polar surface area (TPSA) is 138 Å². The lowest BCUT2D eigenvalue weighted by molar-refractivity contribution is -0.389. The number of aryl methyl sites for hydroxylation is 1. The molecular formula is C22H21N5O6. The second-order valence-corrected chi connectivity index (χ2v) is 6.96. The van der Waals surface area contributed by atoms with Crippen LogP contribution in [0, 0.1) is 17.0 Å². The Kier molecular flexibility index (Phi) is 7.13. The van der Waals surface area contributed by atoms with E-state index >= 15 is 0 Å². The molecule has 0 fully saturated rings. The third-order valence-corrected chi connectivity index (χ3v) is 4.52. The minimum atomic E-state index is -0.540. The van der Waals surface area contributed by atoms with E-state index in [4.69, 9.17) is 9.47 Å². The molecule has 1 heterocycles. The molecule has 11 heteroatoms. The van der Waals surface area contributed by atoms with Crippen LogP contribution in [0.1, 0.15) is 34.1 Å². The number of hydrogen-bond donors (Lipinski definition) is 1. The summed E-state index contributed by atoms with van der Waals surface area (Å²) in [4.78, 5) is 33.8. The van der Waals surface area contributed by atoms with Crippen molar-refractivity contribution in [2.75, 3.05) is 7.11 Å². The number of carbonyl (C=O) groups excluding carboxylic acids is 2. The fourth-order valence-electron chi connectivity index (χ4n) is 2.91. The van der Waals surface area contributed by atoms with Crippen LogP contribution in [-0.4, -0.2) is 39.9 Å². The maximum atomic E-state index is 12.3. The number of carbonyl (C=O) groups is 2. The molecule has 2 aromatic carbocycles. The van der Waals surface area contributed by atoms with Crippen LogP contribution in [0.3, 0.4) is 0 Å². The van der Waals surface area contributed by atoms with Crippen molar-refractivity contribution < 1.29 is 24.0 Å². The molecule has 0 unspecified atom stereocenters. The number of methoxy groups -OCH3 is 1. The first kappa shape index (κ1) is 23.1. The number of amides is 1. The van der Waals surface area contributed by atoms with Crippen LogP contribution in [-0.2, 0) is 11.3 Å². The molecule has 0 atom stereocenters. The predicted octanol–water partition coefficient (Wildman–Crippen LogP) is 2.85. The van der Waals surface area contributed by atoms with E-state index in [9.17, 15) is 19.7 Å². The molecule has 1 N–H and O–H groups in total. The molecule has 0 spiro atoms. The van der Waals surface area contributed by atoms with Crippen molar-refractivity contribution in [3.63, 3.8) is 0 Å². The Morgan fingerprint density at radius 1 is 1.18 bits per heavy atom. The van der Waals surface area contributed by atoms with Gasteiger partial charge in [-0.3, -0.25) is 9.59 Å². The summed E-state index contributed by atoms with van der Waals surface area (Å²) in [6, 6.07) is 13.0. The highest BCUT2D eigenvalue weighted by Crippen LogP contribution is 2.27. The molecule has 11 nitrogen and oxygen atoms in total. The summed E-state index contributed by atoms with van der Waals surface area (Å²) in [6.45, 7) is 3.37. The zero-order valence-electron chi connectivity index (χ0n) is 18.1. The molecule has 0 aliphatic carbocycles. The van der Waals surface area contributed by atoms with Crippen molar-refractivity contribution in [3.05, 3.63) is 81.0 Å². The van der Waals surface area contributed by atoms with Gasteiger partial charge in [-0.2, -0.15) is 9.78 Å². The number of nitrogens with one attached hydrogen (secondary N) is 1. The van der Waals surface area contributed by atoms with E-state index in [-0.39, 0.29) is 11.6 Å². The smallest absolute Gasteiger partial charge is 0.390 e. The van der Waals surface area contributed by atoms with Gasteiger partial charge in [0.05, 0.1) is 36.7 Å². The lowest BCUT2D eigenvalue weighted by atomic mass is 10.1. The average Bonchev–Trinajstić information content (AvgIpc) is 3.15. The average molecular weight is 451 g/mol. The van der Waals surface area contributed by atoms with Gasteiger partial charge in [0, 0.05) is 12.5 Å². The number of nitro groups is 1. The van der Waals surface area contributed by atoms with Gasteiger partial charge in [-0.05, 0) is 53.3 Å². The fraction of sp³-hybridized carbons (Fsp3) is 0.182. The SMILES string of the molecule is COc1cc(C=NNC(=O)c2ccc(Cn3nc([N+](=O)[O-])cc3C)cc2)ccc1OC(C)=O. The van der Waals surface area contributed by atoms with Crippen molar-refractivity contribution in [2.45, 2.75) is 20.4 Å². The number of hydrogen-bond acceptors (Lipinski definition) is 8. The summed E-state index contributed by atoms with van der Waals surface area (Å²) >= 11 is 0. The summed E-state index contributed by atoms with van der Waals surface area (Å²) in [5.41, 5.74) is 4.95. The highest BCUT2D eigenvalue weighted by molar-refractivity contribution is 5.95. The van der Waals surface area contributed by atoms with Gasteiger partial charge in [0.1, 0.15) is 0 Å². The zero-order valence-corrected chi connectivity index (χ0v) is 18.1. The summed E-state index contributed by atoms with van der Waals surface area (Å²) in [5.74, 6) is -0.443. The summed E-state index contributed by atoms with van der Waals surface area (Å²) in [6.07, 6.45) is 1.43. The molecule has 33 heavy (non-hydrogen) atoms. The quantitative estimate of drug-likeness (QED) is 0.183.